The second-order valence-electron chi connectivity index (χ2n) is 7.72. The number of hydrogen-bond donors (Lipinski definition) is 0. The zero-order valence-electron chi connectivity index (χ0n) is 19.1. The number of esters is 4. The van der Waals surface area contributed by atoms with Gasteiger partial charge < -0.3 is 28.3 Å². The van der Waals surface area contributed by atoms with Crippen molar-refractivity contribution in [2.24, 2.45) is 0 Å². The molecule has 1 aromatic carbocycles. The van der Waals surface area contributed by atoms with Crippen molar-refractivity contribution in [3.8, 4) is 0 Å². The summed E-state index contributed by atoms with van der Waals surface area (Å²) in [6.07, 6.45) is -3.86. The average Bonchev–Trinajstić information content (AvgIpc) is 3.13. The molecule has 5 atom stereocenters. The number of carbonyl (C=O) groups excluding carboxylic acids is 5. The lowest BCUT2D eigenvalue weighted by atomic mass is 9.97. The Morgan fingerprint density at radius 3 is 2.06 bits per heavy atom. The lowest BCUT2D eigenvalue weighted by Gasteiger charge is -2.44. The molecule has 1 aromatic heterocycles. The van der Waals surface area contributed by atoms with Gasteiger partial charge in [0, 0.05) is 44.8 Å². The van der Waals surface area contributed by atoms with Crippen molar-refractivity contribution in [2.45, 2.75) is 58.3 Å². The number of nitrogens with zero attached hydrogens (tertiary/aromatic N) is 1. The van der Waals surface area contributed by atoms with Crippen molar-refractivity contribution < 1.29 is 47.7 Å². The molecule has 11 heteroatoms. The normalized spacial score (nSPS) is 24.2. The van der Waals surface area contributed by atoms with Crippen molar-refractivity contribution in [1.29, 1.82) is 0 Å². The zero-order valence-corrected chi connectivity index (χ0v) is 19.1. The van der Waals surface area contributed by atoms with Crippen LogP contribution in [0.15, 0.2) is 30.5 Å². The summed E-state index contributed by atoms with van der Waals surface area (Å²) in [5.74, 6) is -2.75. The van der Waals surface area contributed by atoms with Gasteiger partial charge in [0.25, 0.3) is 0 Å². The molecule has 1 aliphatic rings. The van der Waals surface area contributed by atoms with Gasteiger partial charge in [-0.1, -0.05) is 18.2 Å². The van der Waals surface area contributed by atoms with Crippen LogP contribution in [0.2, 0.25) is 0 Å². The van der Waals surface area contributed by atoms with Crippen molar-refractivity contribution in [3.63, 3.8) is 0 Å². The zero-order chi connectivity index (χ0) is 25.0. The molecular weight excluding hydrogens is 450 g/mol. The van der Waals surface area contributed by atoms with Crippen LogP contribution in [0.4, 0.5) is 0 Å². The quantitative estimate of drug-likeness (QED) is 0.331. The Labute approximate surface area is 194 Å². The van der Waals surface area contributed by atoms with E-state index >= 15 is 0 Å². The third-order valence-electron chi connectivity index (χ3n) is 5.14. The number of aromatic nitrogens is 1. The number of rotatable bonds is 7. The fourth-order valence-corrected chi connectivity index (χ4v) is 3.97. The fraction of sp³-hybridized carbons (Fsp3) is 0.435. The second kappa shape index (κ2) is 10.5. The minimum Gasteiger partial charge on any atom is -0.463 e. The summed E-state index contributed by atoms with van der Waals surface area (Å²) in [5.41, 5.74) is 0.925. The van der Waals surface area contributed by atoms with Crippen LogP contribution < -0.4 is 0 Å². The first kappa shape index (κ1) is 24.9. The Kier molecular flexibility index (Phi) is 7.67. The van der Waals surface area contributed by atoms with Gasteiger partial charge in [-0.3, -0.25) is 24.0 Å². The van der Waals surface area contributed by atoms with Crippen molar-refractivity contribution in [2.75, 3.05) is 6.61 Å². The smallest absolute Gasteiger partial charge is 0.303 e. The first-order valence-corrected chi connectivity index (χ1v) is 10.5. The molecule has 34 heavy (non-hydrogen) atoms. The summed E-state index contributed by atoms with van der Waals surface area (Å²) in [5, 5.41) is 0.616. The van der Waals surface area contributed by atoms with Crippen LogP contribution in [0.5, 0.6) is 0 Å². The van der Waals surface area contributed by atoms with E-state index in [1.807, 2.05) is 0 Å². The Morgan fingerprint density at radius 2 is 1.47 bits per heavy atom. The number of fused-ring (bicyclic) bond motifs is 1. The highest BCUT2D eigenvalue weighted by Gasteiger charge is 2.53. The van der Waals surface area contributed by atoms with Crippen LogP contribution >= 0.6 is 0 Å². The molecular formula is C23H25NO10. The number of benzene rings is 1. The predicted octanol–water partition coefficient (Wildman–Crippen LogP) is 1.71. The molecule has 2 heterocycles. The Bertz CT molecular complexity index is 1110. The number of hydrogen-bond acceptors (Lipinski definition) is 10. The maximum atomic E-state index is 12.0. The van der Waals surface area contributed by atoms with E-state index in [-0.39, 0.29) is 6.61 Å². The van der Waals surface area contributed by atoms with Gasteiger partial charge in [0.1, 0.15) is 12.7 Å². The van der Waals surface area contributed by atoms with Gasteiger partial charge in [0.15, 0.2) is 30.8 Å². The van der Waals surface area contributed by atoms with Crippen LogP contribution in [0.1, 0.15) is 44.3 Å². The highest BCUT2D eigenvalue weighted by Crippen LogP contribution is 2.37. The summed E-state index contributed by atoms with van der Waals surface area (Å²) in [7, 11) is 0. The van der Waals surface area contributed by atoms with Gasteiger partial charge in [0.05, 0.1) is 5.52 Å². The van der Waals surface area contributed by atoms with Crippen molar-refractivity contribution in [1.82, 2.24) is 4.57 Å². The van der Waals surface area contributed by atoms with E-state index in [1.165, 1.54) is 13.1 Å². The maximum absolute atomic E-state index is 12.0. The predicted molar refractivity (Wildman–Crippen MR) is 115 cm³/mol. The molecule has 3 rings (SSSR count). The van der Waals surface area contributed by atoms with E-state index in [0.717, 1.165) is 20.8 Å². The summed E-state index contributed by atoms with van der Waals surface area (Å²) in [6, 6.07) is 6.98. The molecule has 11 nitrogen and oxygen atoms in total. The van der Waals surface area contributed by atoms with Crippen molar-refractivity contribution >= 4 is 41.1 Å². The van der Waals surface area contributed by atoms with Crippen LogP contribution in [0, 0.1) is 0 Å². The number of aldehydes is 1. The van der Waals surface area contributed by atoms with Crippen molar-refractivity contribution in [3.05, 3.63) is 36.0 Å². The Hall–Kier alpha value is -3.73. The first-order chi connectivity index (χ1) is 16.1. The minimum atomic E-state index is -1.30. The third kappa shape index (κ3) is 5.42. The maximum Gasteiger partial charge on any atom is 0.303 e. The molecule has 0 radical (unpaired) electrons. The van der Waals surface area contributed by atoms with E-state index in [0.29, 0.717) is 22.8 Å². The summed E-state index contributed by atoms with van der Waals surface area (Å²) in [4.78, 5) is 59.0. The van der Waals surface area contributed by atoms with Gasteiger partial charge in [0.2, 0.25) is 0 Å². The van der Waals surface area contributed by atoms with Crippen LogP contribution in [0.3, 0.4) is 0 Å². The molecule has 1 saturated heterocycles. The SMILES string of the molecule is CC(=O)OC[C@H]1O[C@@H](n2cc(C=O)c3ccccc32)[C@H](OC(C)=O)[C@@H](OC(C)=O)[C@@H]1OC(C)=O. The van der Waals surface area contributed by atoms with Gasteiger partial charge in [-0.15, -0.1) is 0 Å². The second-order valence-corrected chi connectivity index (χ2v) is 7.72. The van der Waals surface area contributed by atoms with E-state index in [9.17, 15) is 24.0 Å². The van der Waals surface area contributed by atoms with Gasteiger partial charge in [-0.2, -0.15) is 0 Å². The summed E-state index contributed by atoms with van der Waals surface area (Å²) < 4.78 is 29.1. The molecule has 0 aliphatic carbocycles. The van der Waals surface area contributed by atoms with Crippen LogP contribution in [-0.4, -0.2) is 65.8 Å². The minimum absolute atomic E-state index is 0.339. The Morgan fingerprint density at radius 1 is 0.882 bits per heavy atom. The number of carbonyl (C=O) groups is 5. The van der Waals surface area contributed by atoms with E-state index in [1.54, 1.807) is 28.8 Å². The van der Waals surface area contributed by atoms with Crippen LogP contribution in [-0.2, 0) is 42.9 Å². The molecule has 0 unspecified atom stereocenters. The van der Waals surface area contributed by atoms with Crippen LogP contribution in [0.25, 0.3) is 10.9 Å². The highest BCUT2D eigenvalue weighted by atomic mass is 16.7. The molecule has 1 fully saturated rings. The molecule has 0 N–H and O–H groups in total. The fourth-order valence-electron chi connectivity index (χ4n) is 3.97. The summed E-state index contributed by atoms with van der Waals surface area (Å²) in [6.45, 7) is 4.32. The molecule has 182 valence electrons. The first-order valence-electron chi connectivity index (χ1n) is 10.5. The molecule has 0 bridgehead atoms. The monoisotopic (exact) mass is 475 g/mol. The van der Waals surface area contributed by atoms with E-state index < -0.39 is 54.5 Å². The lowest BCUT2D eigenvalue weighted by molar-refractivity contribution is -0.267. The van der Waals surface area contributed by atoms with Gasteiger partial charge in [-0.25, -0.2) is 0 Å². The van der Waals surface area contributed by atoms with Gasteiger partial charge in [-0.05, 0) is 6.07 Å². The molecule has 0 amide bonds. The van der Waals surface area contributed by atoms with E-state index in [2.05, 4.69) is 0 Å². The summed E-state index contributed by atoms with van der Waals surface area (Å²) >= 11 is 0. The largest absolute Gasteiger partial charge is 0.463 e. The molecule has 0 saturated carbocycles. The Balaban J connectivity index is 2.17. The third-order valence-corrected chi connectivity index (χ3v) is 5.14. The number of para-hydroxylation sites is 1. The van der Waals surface area contributed by atoms with E-state index in [4.69, 9.17) is 23.7 Å². The lowest BCUT2D eigenvalue weighted by Crippen LogP contribution is -2.60. The number of ether oxygens (including phenoxy) is 5. The van der Waals surface area contributed by atoms with Gasteiger partial charge >= 0.3 is 23.9 Å². The standard InChI is InChI=1S/C23H25NO10/c1-12(26)30-11-19-20(31-13(2)27)21(32-14(3)28)22(33-15(4)29)23(34-19)24-9-16(10-25)17-7-5-6-8-18(17)24/h5-10,19-23H,11H2,1-4H3/t19-,20-,21+,22-,23-/m1/s1. The molecule has 0 spiro atoms. The molecule has 1 aliphatic heterocycles. The highest BCUT2D eigenvalue weighted by molar-refractivity contribution is 5.97. The average molecular weight is 475 g/mol. The topological polar surface area (TPSA) is 136 Å². The molecule has 2 aromatic rings.